The van der Waals surface area contributed by atoms with E-state index in [4.69, 9.17) is 4.42 Å². The molecule has 1 aromatic heterocycles. The predicted molar refractivity (Wildman–Crippen MR) is 74.7 cm³/mol. The van der Waals surface area contributed by atoms with Crippen LogP contribution >= 0.6 is 0 Å². The van der Waals surface area contributed by atoms with Gasteiger partial charge in [-0.1, -0.05) is 32.0 Å². The summed E-state index contributed by atoms with van der Waals surface area (Å²) in [5, 5.41) is 4.93. The van der Waals surface area contributed by atoms with Crippen molar-refractivity contribution in [2.75, 3.05) is 0 Å². The van der Waals surface area contributed by atoms with E-state index in [1.54, 1.807) is 0 Å². The highest BCUT2D eigenvalue weighted by molar-refractivity contribution is 5.82. The smallest absolute Gasteiger partial charge is 0.134 e. The molecule has 1 fully saturated rings. The highest BCUT2D eigenvalue weighted by atomic mass is 16.3. The molecule has 1 N–H and O–H groups in total. The molecule has 1 saturated carbocycles. The lowest BCUT2D eigenvalue weighted by Crippen LogP contribution is -2.22. The number of nitrogens with one attached hydrogen (secondary N) is 1. The van der Waals surface area contributed by atoms with Crippen molar-refractivity contribution in [1.82, 2.24) is 5.32 Å². The van der Waals surface area contributed by atoms with Gasteiger partial charge in [0.2, 0.25) is 0 Å². The Kier molecular flexibility index (Phi) is 2.90. The fourth-order valence-corrected chi connectivity index (χ4v) is 2.78. The maximum Gasteiger partial charge on any atom is 0.134 e. The zero-order chi connectivity index (χ0) is 12.7. The highest BCUT2D eigenvalue weighted by Crippen LogP contribution is 2.35. The molecule has 3 unspecified atom stereocenters. The van der Waals surface area contributed by atoms with E-state index >= 15 is 0 Å². The highest BCUT2D eigenvalue weighted by Gasteiger charge is 2.34. The summed E-state index contributed by atoms with van der Waals surface area (Å²) in [6.07, 6.45) is 2.32. The molecule has 0 radical (unpaired) electrons. The minimum Gasteiger partial charge on any atom is -0.459 e. The molecule has 0 saturated heterocycles. The molecule has 1 aliphatic carbocycles. The van der Waals surface area contributed by atoms with Gasteiger partial charge in [0.15, 0.2) is 0 Å². The van der Waals surface area contributed by atoms with E-state index in [9.17, 15) is 0 Å². The zero-order valence-electron chi connectivity index (χ0n) is 11.4. The average molecular weight is 243 g/mol. The van der Waals surface area contributed by atoms with Gasteiger partial charge in [0.05, 0.1) is 6.04 Å². The molecule has 2 nitrogen and oxygen atoms in total. The molecule has 1 aromatic carbocycles. The first-order chi connectivity index (χ1) is 8.70. The first-order valence-corrected chi connectivity index (χ1v) is 6.97. The minimum atomic E-state index is 0.308. The molecule has 2 heteroatoms. The molecule has 18 heavy (non-hydrogen) atoms. The van der Waals surface area contributed by atoms with Crippen molar-refractivity contribution in [3.8, 4) is 0 Å². The molecular weight excluding hydrogens is 222 g/mol. The lowest BCUT2D eigenvalue weighted by atomic mass is 10.0. The van der Waals surface area contributed by atoms with Crippen molar-refractivity contribution in [2.45, 2.75) is 45.7 Å². The van der Waals surface area contributed by atoms with E-state index in [0.29, 0.717) is 12.1 Å². The maximum absolute atomic E-state index is 6.05. The van der Waals surface area contributed by atoms with Crippen LogP contribution in [-0.4, -0.2) is 6.04 Å². The third-order valence-electron chi connectivity index (χ3n) is 4.05. The number of para-hydroxylation sites is 1. The predicted octanol–water partition coefficient (Wildman–Crippen LogP) is 4.05. The molecule has 0 amide bonds. The number of rotatable bonds is 4. The second-order valence-electron chi connectivity index (χ2n) is 5.50. The van der Waals surface area contributed by atoms with Crippen molar-refractivity contribution < 1.29 is 4.42 Å². The van der Waals surface area contributed by atoms with Crippen LogP contribution in [0.25, 0.3) is 11.0 Å². The largest absolute Gasteiger partial charge is 0.459 e. The van der Waals surface area contributed by atoms with Crippen LogP contribution in [0.3, 0.4) is 0 Å². The molecule has 1 aliphatic rings. The summed E-state index contributed by atoms with van der Waals surface area (Å²) in [7, 11) is 0. The van der Waals surface area contributed by atoms with Gasteiger partial charge in [0.1, 0.15) is 11.3 Å². The molecule has 2 aromatic rings. The number of fused-ring (bicyclic) bond motifs is 1. The lowest BCUT2D eigenvalue weighted by Gasteiger charge is -2.12. The summed E-state index contributed by atoms with van der Waals surface area (Å²) in [5.74, 6) is 1.94. The quantitative estimate of drug-likeness (QED) is 0.876. The Balaban J connectivity index is 1.94. The van der Waals surface area contributed by atoms with Crippen LogP contribution in [0, 0.1) is 5.92 Å². The Morgan fingerprint density at radius 1 is 1.39 bits per heavy atom. The van der Waals surface area contributed by atoms with Crippen LogP contribution in [0.5, 0.6) is 0 Å². The third-order valence-corrected chi connectivity index (χ3v) is 4.05. The van der Waals surface area contributed by atoms with Crippen LogP contribution < -0.4 is 5.32 Å². The first-order valence-electron chi connectivity index (χ1n) is 6.97. The standard InChI is InChI=1S/C16H21NO/c1-4-12-13-7-5-6-8-15(13)18-16(12)11(3)17-14-9-10(14)2/h5-8,10-11,14,17H,4,9H2,1-3H3. The van der Waals surface area contributed by atoms with Gasteiger partial charge in [-0.2, -0.15) is 0 Å². The van der Waals surface area contributed by atoms with Gasteiger partial charge in [-0.25, -0.2) is 0 Å². The number of hydrogen-bond acceptors (Lipinski definition) is 2. The normalized spacial score (nSPS) is 24.4. The Morgan fingerprint density at radius 2 is 2.11 bits per heavy atom. The second-order valence-corrected chi connectivity index (χ2v) is 5.50. The first kappa shape index (κ1) is 11.8. The summed E-state index contributed by atoms with van der Waals surface area (Å²) in [4.78, 5) is 0. The molecule has 1 heterocycles. The van der Waals surface area contributed by atoms with Crippen molar-refractivity contribution in [3.63, 3.8) is 0 Å². The van der Waals surface area contributed by atoms with Gasteiger partial charge in [-0.3, -0.25) is 0 Å². The Morgan fingerprint density at radius 3 is 2.78 bits per heavy atom. The molecule has 3 atom stereocenters. The van der Waals surface area contributed by atoms with Crippen LogP contribution in [0.2, 0.25) is 0 Å². The van der Waals surface area contributed by atoms with Gasteiger partial charge < -0.3 is 9.73 Å². The maximum atomic E-state index is 6.05. The van der Waals surface area contributed by atoms with Crippen LogP contribution in [-0.2, 0) is 6.42 Å². The molecular formula is C16H21NO. The van der Waals surface area contributed by atoms with Crippen molar-refractivity contribution in [2.24, 2.45) is 5.92 Å². The summed E-state index contributed by atoms with van der Waals surface area (Å²) < 4.78 is 6.05. The van der Waals surface area contributed by atoms with E-state index < -0.39 is 0 Å². The molecule has 96 valence electrons. The van der Waals surface area contributed by atoms with Gasteiger partial charge in [0, 0.05) is 17.0 Å². The zero-order valence-corrected chi connectivity index (χ0v) is 11.4. The fourth-order valence-electron chi connectivity index (χ4n) is 2.78. The average Bonchev–Trinajstić information content (AvgIpc) is 2.93. The Labute approximate surface area is 108 Å². The summed E-state index contributed by atoms with van der Waals surface area (Å²) in [6.45, 7) is 6.71. The molecule has 3 rings (SSSR count). The second kappa shape index (κ2) is 4.43. The topological polar surface area (TPSA) is 25.2 Å². The Bertz CT molecular complexity index is 557. The lowest BCUT2D eigenvalue weighted by molar-refractivity contribution is 0.439. The van der Waals surface area contributed by atoms with E-state index in [1.165, 1.54) is 17.4 Å². The van der Waals surface area contributed by atoms with Gasteiger partial charge in [-0.05, 0) is 31.7 Å². The van der Waals surface area contributed by atoms with Crippen molar-refractivity contribution in [1.29, 1.82) is 0 Å². The van der Waals surface area contributed by atoms with Gasteiger partial charge in [0.25, 0.3) is 0 Å². The van der Waals surface area contributed by atoms with Crippen LogP contribution in [0.4, 0.5) is 0 Å². The van der Waals surface area contributed by atoms with Crippen molar-refractivity contribution >= 4 is 11.0 Å². The third kappa shape index (κ3) is 1.95. The monoisotopic (exact) mass is 243 g/mol. The number of benzene rings is 1. The number of aryl methyl sites for hydroxylation is 1. The number of furan rings is 1. The summed E-state index contributed by atoms with van der Waals surface area (Å²) in [6, 6.07) is 9.33. The van der Waals surface area contributed by atoms with Gasteiger partial charge in [-0.15, -0.1) is 0 Å². The Hall–Kier alpha value is -1.28. The summed E-state index contributed by atoms with van der Waals surface area (Å²) >= 11 is 0. The fraction of sp³-hybridized carbons (Fsp3) is 0.500. The molecule has 0 spiro atoms. The van der Waals surface area contributed by atoms with Crippen LogP contribution in [0.15, 0.2) is 28.7 Å². The van der Waals surface area contributed by atoms with E-state index in [2.05, 4.69) is 44.3 Å². The minimum absolute atomic E-state index is 0.308. The van der Waals surface area contributed by atoms with E-state index in [0.717, 1.165) is 23.7 Å². The van der Waals surface area contributed by atoms with Crippen LogP contribution in [0.1, 0.15) is 44.6 Å². The van der Waals surface area contributed by atoms with Crippen molar-refractivity contribution in [3.05, 3.63) is 35.6 Å². The molecule has 0 aliphatic heterocycles. The van der Waals surface area contributed by atoms with E-state index in [1.807, 2.05) is 6.07 Å². The van der Waals surface area contributed by atoms with Gasteiger partial charge >= 0.3 is 0 Å². The SMILES string of the molecule is CCc1c(C(C)NC2CC2C)oc2ccccc12. The molecule has 0 bridgehead atoms. The van der Waals surface area contributed by atoms with E-state index in [-0.39, 0.29) is 0 Å². The summed E-state index contributed by atoms with van der Waals surface area (Å²) in [5.41, 5.74) is 2.38. The number of hydrogen-bond donors (Lipinski definition) is 1.